The van der Waals surface area contributed by atoms with Crippen molar-refractivity contribution in [3.8, 4) is 0 Å². The van der Waals surface area contributed by atoms with Gasteiger partial charge in [0.25, 0.3) is 0 Å². The molecule has 0 spiro atoms. The van der Waals surface area contributed by atoms with Gasteiger partial charge < -0.3 is 10.2 Å². The molecular formula is C17H24N4O3. The number of nitrogens with zero attached hydrogens (tertiary/aromatic N) is 2. The number of rotatable bonds is 4. The highest BCUT2D eigenvalue weighted by molar-refractivity contribution is 5.96. The van der Waals surface area contributed by atoms with E-state index in [2.05, 4.69) is 20.4 Å². The van der Waals surface area contributed by atoms with Crippen LogP contribution in [0.15, 0.2) is 24.3 Å². The van der Waals surface area contributed by atoms with Crippen LogP contribution in [0.5, 0.6) is 0 Å². The van der Waals surface area contributed by atoms with E-state index in [0.29, 0.717) is 5.56 Å². The largest absolute Gasteiger partial charge is 0.369 e. The van der Waals surface area contributed by atoms with E-state index in [9.17, 15) is 14.4 Å². The number of hydrogen-bond donors (Lipinski definition) is 2. The van der Waals surface area contributed by atoms with Gasteiger partial charge in [0.15, 0.2) is 5.78 Å². The molecule has 1 aromatic rings. The third kappa shape index (κ3) is 4.32. The number of anilines is 1. The quantitative estimate of drug-likeness (QED) is 0.799. The summed E-state index contributed by atoms with van der Waals surface area (Å²) in [4.78, 5) is 38.8. The number of hydrogen-bond acceptors (Lipinski definition) is 5. The lowest BCUT2D eigenvalue weighted by Crippen LogP contribution is -2.55. The molecule has 7 heteroatoms. The van der Waals surface area contributed by atoms with Gasteiger partial charge in [0.1, 0.15) is 0 Å². The molecule has 1 aliphatic rings. The van der Waals surface area contributed by atoms with Crippen LogP contribution in [-0.4, -0.2) is 61.9 Å². The van der Waals surface area contributed by atoms with E-state index in [-0.39, 0.29) is 17.7 Å². The number of carbonyl (C=O) groups is 3. The van der Waals surface area contributed by atoms with E-state index in [1.54, 1.807) is 13.8 Å². The Bertz CT molecular complexity index is 607. The van der Waals surface area contributed by atoms with E-state index >= 15 is 0 Å². The standard InChI is InChI=1S/C17H24N4O3/c1-12(16(23)19-17(24)18-3)20-8-10-21(11-9-20)15-6-4-14(5-7-15)13(2)22/h4-7,12H,8-11H2,1-3H3,(H2,18,19,23,24)/t12-/m1/s1. The predicted molar refractivity (Wildman–Crippen MR) is 92.3 cm³/mol. The summed E-state index contributed by atoms with van der Waals surface area (Å²) in [7, 11) is 1.48. The van der Waals surface area contributed by atoms with Crippen LogP contribution in [0.25, 0.3) is 0 Å². The Morgan fingerprint density at radius 2 is 1.62 bits per heavy atom. The smallest absolute Gasteiger partial charge is 0.321 e. The fourth-order valence-corrected chi connectivity index (χ4v) is 2.72. The van der Waals surface area contributed by atoms with Crippen molar-refractivity contribution in [3.05, 3.63) is 29.8 Å². The van der Waals surface area contributed by atoms with Crippen LogP contribution >= 0.6 is 0 Å². The van der Waals surface area contributed by atoms with Crippen LogP contribution in [0, 0.1) is 0 Å². The molecule has 2 rings (SSSR count). The van der Waals surface area contributed by atoms with E-state index in [1.807, 2.05) is 24.3 Å². The predicted octanol–water partition coefficient (Wildman–Crippen LogP) is 0.855. The molecule has 1 aliphatic heterocycles. The molecule has 2 N–H and O–H groups in total. The topological polar surface area (TPSA) is 81.8 Å². The molecule has 1 aromatic carbocycles. The van der Waals surface area contributed by atoms with E-state index < -0.39 is 6.03 Å². The van der Waals surface area contributed by atoms with Gasteiger partial charge in [-0.05, 0) is 38.1 Å². The molecule has 1 atom stereocenters. The van der Waals surface area contributed by atoms with Crippen molar-refractivity contribution < 1.29 is 14.4 Å². The Labute approximate surface area is 142 Å². The summed E-state index contributed by atoms with van der Waals surface area (Å²) >= 11 is 0. The van der Waals surface area contributed by atoms with Crippen LogP contribution in [0.3, 0.4) is 0 Å². The number of piperazine rings is 1. The summed E-state index contributed by atoms with van der Waals surface area (Å²) in [5.41, 5.74) is 1.78. The van der Waals surface area contributed by atoms with Crippen molar-refractivity contribution in [2.45, 2.75) is 19.9 Å². The SMILES string of the molecule is CNC(=O)NC(=O)[C@@H](C)N1CCN(c2ccc(C(C)=O)cc2)CC1. The average Bonchev–Trinajstić information content (AvgIpc) is 2.61. The van der Waals surface area contributed by atoms with Crippen LogP contribution < -0.4 is 15.5 Å². The summed E-state index contributed by atoms with van der Waals surface area (Å²) in [5, 5.41) is 4.68. The number of carbonyl (C=O) groups excluding carboxylic acids is 3. The Kier molecular flexibility index (Phi) is 5.92. The molecular weight excluding hydrogens is 308 g/mol. The van der Waals surface area contributed by atoms with E-state index in [0.717, 1.165) is 31.9 Å². The molecule has 1 saturated heterocycles. The van der Waals surface area contributed by atoms with Crippen LogP contribution in [0.2, 0.25) is 0 Å². The van der Waals surface area contributed by atoms with Gasteiger partial charge in [-0.1, -0.05) is 0 Å². The van der Waals surface area contributed by atoms with Crippen molar-refractivity contribution in [3.63, 3.8) is 0 Å². The maximum absolute atomic E-state index is 12.0. The monoisotopic (exact) mass is 332 g/mol. The Morgan fingerprint density at radius 3 is 2.12 bits per heavy atom. The molecule has 24 heavy (non-hydrogen) atoms. The first kappa shape index (κ1) is 17.9. The van der Waals surface area contributed by atoms with Crippen LogP contribution in [-0.2, 0) is 4.79 Å². The molecule has 0 aliphatic carbocycles. The van der Waals surface area contributed by atoms with Crippen molar-refractivity contribution in [2.24, 2.45) is 0 Å². The normalized spacial score (nSPS) is 16.4. The minimum atomic E-state index is -0.490. The molecule has 0 bridgehead atoms. The van der Waals surface area contributed by atoms with Crippen molar-refractivity contribution in [1.82, 2.24) is 15.5 Å². The fourth-order valence-electron chi connectivity index (χ4n) is 2.72. The van der Waals surface area contributed by atoms with Crippen LogP contribution in [0.4, 0.5) is 10.5 Å². The van der Waals surface area contributed by atoms with Gasteiger partial charge in [0.2, 0.25) is 5.91 Å². The molecule has 7 nitrogen and oxygen atoms in total. The van der Waals surface area contributed by atoms with Gasteiger partial charge in [0, 0.05) is 44.5 Å². The second kappa shape index (κ2) is 7.92. The minimum absolute atomic E-state index is 0.0577. The first-order valence-electron chi connectivity index (χ1n) is 8.05. The zero-order valence-electron chi connectivity index (χ0n) is 14.3. The number of imide groups is 1. The maximum atomic E-state index is 12.0. The molecule has 130 valence electrons. The highest BCUT2D eigenvalue weighted by Crippen LogP contribution is 2.18. The Balaban J connectivity index is 1.89. The summed E-state index contributed by atoms with van der Waals surface area (Å²) in [6, 6.07) is 6.73. The number of ketones is 1. The lowest BCUT2D eigenvalue weighted by atomic mass is 10.1. The molecule has 1 fully saturated rings. The molecule has 0 unspecified atom stereocenters. The highest BCUT2D eigenvalue weighted by atomic mass is 16.2. The lowest BCUT2D eigenvalue weighted by Gasteiger charge is -2.38. The Hall–Kier alpha value is -2.41. The summed E-state index contributed by atoms with van der Waals surface area (Å²) in [6.45, 7) is 6.40. The highest BCUT2D eigenvalue weighted by Gasteiger charge is 2.26. The van der Waals surface area contributed by atoms with Crippen molar-refractivity contribution in [1.29, 1.82) is 0 Å². The number of benzene rings is 1. The first-order chi connectivity index (χ1) is 11.4. The number of urea groups is 1. The number of amides is 3. The molecule has 0 saturated carbocycles. The minimum Gasteiger partial charge on any atom is -0.369 e. The van der Waals surface area contributed by atoms with Gasteiger partial charge in [-0.2, -0.15) is 0 Å². The second-order valence-corrected chi connectivity index (χ2v) is 5.87. The molecule has 0 radical (unpaired) electrons. The van der Waals surface area contributed by atoms with Crippen molar-refractivity contribution in [2.75, 3.05) is 38.1 Å². The summed E-state index contributed by atoms with van der Waals surface area (Å²) in [5.74, 6) is -0.240. The summed E-state index contributed by atoms with van der Waals surface area (Å²) < 4.78 is 0. The Morgan fingerprint density at radius 1 is 1.04 bits per heavy atom. The van der Waals surface area contributed by atoms with Crippen LogP contribution in [0.1, 0.15) is 24.2 Å². The number of nitrogens with one attached hydrogen (secondary N) is 2. The van der Waals surface area contributed by atoms with E-state index in [4.69, 9.17) is 0 Å². The fraction of sp³-hybridized carbons (Fsp3) is 0.471. The third-order valence-corrected chi connectivity index (χ3v) is 4.34. The zero-order valence-corrected chi connectivity index (χ0v) is 14.3. The van der Waals surface area contributed by atoms with Gasteiger partial charge in [-0.3, -0.25) is 19.8 Å². The second-order valence-electron chi connectivity index (χ2n) is 5.87. The number of Topliss-reactive ketones (excluding diaryl/α,β-unsaturated/α-hetero) is 1. The average molecular weight is 332 g/mol. The molecule has 3 amide bonds. The summed E-state index contributed by atoms with van der Waals surface area (Å²) in [6.07, 6.45) is 0. The van der Waals surface area contributed by atoms with Gasteiger partial charge in [-0.25, -0.2) is 4.79 Å². The van der Waals surface area contributed by atoms with E-state index in [1.165, 1.54) is 7.05 Å². The van der Waals surface area contributed by atoms with Crippen molar-refractivity contribution >= 4 is 23.4 Å². The lowest BCUT2D eigenvalue weighted by molar-refractivity contribution is -0.124. The van der Waals surface area contributed by atoms with Gasteiger partial charge >= 0.3 is 6.03 Å². The molecule has 1 heterocycles. The third-order valence-electron chi connectivity index (χ3n) is 4.34. The zero-order chi connectivity index (χ0) is 17.7. The van der Waals surface area contributed by atoms with Gasteiger partial charge in [0.05, 0.1) is 6.04 Å². The maximum Gasteiger partial charge on any atom is 0.321 e. The molecule has 0 aromatic heterocycles. The van der Waals surface area contributed by atoms with Gasteiger partial charge in [-0.15, -0.1) is 0 Å². The first-order valence-corrected chi connectivity index (χ1v) is 8.05.